The van der Waals surface area contributed by atoms with Gasteiger partial charge in [0, 0.05) is 29.5 Å². The third kappa shape index (κ3) is 5.40. The summed E-state index contributed by atoms with van der Waals surface area (Å²) >= 11 is 0. The van der Waals surface area contributed by atoms with Crippen LogP contribution in [0.15, 0.2) is 84.8 Å². The molecule has 0 bridgehead atoms. The van der Waals surface area contributed by atoms with E-state index in [0.29, 0.717) is 22.4 Å². The van der Waals surface area contributed by atoms with Gasteiger partial charge >= 0.3 is 59.1 Å². The molecule has 0 saturated carbocycles. The molecular formula is C21H16NNa2O5P. The normalized spacial score (nSPS) is 12.0. The van der Waals surface area contributed by atoms with E-state index in [0.717, 1.165) is 11.4 Å². The molecular weight excluding hydrogens is 423 g/mol. The van der Waals surface area contributed by atoms with Gasteiger partial charge in [-0.2, -0.15) is 0 Å². The predicted octanol–water partition coefficient (Wildman–Crippen LogP) is -2.58. The van der Waals surface area contributed by atoms with Gasteiger partial charge in [0.1, 0.15) is 13.6 Å². The largest absolute Gasteiger partial charge is 1.00 e. The molecule has 1 heterocycles. The second-order valence-electron chi connectivity index (χ2n) is 6.21. The first-order valence-corrected chi connectivity index (χ1v) is 10.0. The number of phosphoric acid groups is 1. The molecule has 0 amide bonds. The molecule has 0 atom stereocenters. The molecule has 1 aliphatic rings. The summed E-state index contributed by atoms with van der Waals surface area (Å²) in [6.07, 6.45) is 0. The number of ether oxygens (including phenoxy) is 1. The van der Waals surface area contributed by atoms with Crippen molar-refractivity contribution in [3.63, 3.8) is 0 Å². The second kappa shape index (κ2) is 10.5. The maximum absolute atomic E-state index is 11.5. The number of benzene rings is 3. The van der Waals surface area contributed by atoms with Crippen molar-refractivity contribution in [2.45, 2.75) is 0 Å². The summed E-state index contributed by atoms with van der Waals surface area (Å²) in [6, 6.07) is 23.5. The third-order valence-corrected chi connectivity index (χ3v) is 4.81. The zero-order chi connectivity index (χ0) is 19.7. The fourth-order valence-electron chi connectivity index (χ4n) is 3.26. The Labute approximate surface area is 219 Å². The van der Waals surface area contributed by atoms with E-state index in [1.54, 1.807) is 30.3 Å². The molecule has 0 fully saturated rings. The first-order valence-electron chi connectivity index (χ1n) is 8.55. The fourth-order valence-corrected chi connectivity index (χ4v) is 3.59. The molecule has 4 rings (SSSR count). The summed E-state index contributed by atoms with van der Waals surface area (Å²) in [4.78, 5) is 25.0. The van der Waals surface area contributed by atoms with Crippen molar-refractivity contribution in [3.8, 4) is 5.75 Å². The number of rotatable bonds is 4. The van der Waals surface area contributed by atoms with Gasteiger partial charge < -0.3 is 28.5 Å². The van der Waals surface area contributed by atoms with Gasteiger partial charge in [-0.05, 0) is 24.3 Å². The fraction of sp³-hybridized carbons (Fsp3) is 0.0476. The van der Waals surface area contributed by atoms with Crippen LogP contribution in [-0.2, 0) is 9.09 Å². The molecule has 0 saturated heterocycles. The van der Waals surface area contributed by atoms with Gasteiger partial charge in [-0.3, -0.25) is 0 Å². The average molecular weight is 439 g/mol. The molecule has 0 aromatic heterocycles. The first-order chi connectivity index (χ1) is 13.4. The minimum Gasteiger partial charge on any atom is -0.780 e. The molecule has 0 spiro atoms. The van der Waals surface area contributed by atoms with Crippen LogP contribution in [0.4, 0.5) is 11.4 Å². The molecule has 0 radical (unpaired) electrons. The Morgan fingerprint density at radius 2 is 1.27 bits per heavy atom. The third-order valence-electron chi connectivity index (χ3n) is 4.42. The summed E-state index contributed by atoms with van der Waals surface area (Å²) in [5, 5.41) is 0. The Hall–Kier alpha value is -1.05. The van der Waals surface area contributed by atoms with E-state index < -0.39 is 7.82 Å². The van der Waals surface area contributed by atoms with E-state index in [2.05, 4.69) is 0 Å². The van der Waals surface area contributed by atoms with Gasteiger partial charge in [-0.25, -0.2) is 0 Å². The number of anilines is 2. The minimum atomic E-state index is -5.36. The minimum absolute atomic E-state index is 0. The van der Waals surface area contributed by atoms with Crippen LogP contribution < -0.4 is 78.5 Å². The number of hydrogen-bond donors (Lipinski definition) is 0. The number of nitrogens with zero attached hydrogens (tertiary/aromatic N) is 1. The SMILES string of the molecule is CN1c2ccccc2C(=C(Oc2ccccc2)OP(=O)([O-])[O-])c2ccccc21.[Na+].[Na+]. The van der Waals surface area contributed by atoms with Crippen LogP contribution in [0.25, 0.3) is 5.57 Å². The first kappa shape index (κ1) is 25.2. The van der Waals surface area contributed by atoms with Gasteiger partial charge in [0.15, 0.2) is 0 Å². The van der Waals surface area contributed by atoms with Crippen molar-refractivity contribution in [1.82, 2.24) is 0 Å². The van der Waals surface area contributed by atoms with Crippen LogP contribution in [0.2, 0.25) is 0 Å². The molecule has 6 nitrogen and oxygen atoms in total. The van der Waals surface area contributed by atoms with Crippen molar-refractivity contribution >= 4 is 24.8 Å². The zero-order valence-corrected chi connectivity index (χ0v) is 21.8. The van der Waals surface area contributed by atoms with Crippen molar-refractivity contribution < 1.29 is 82.7 Å². The maximum Gasteiger partial charge on any atom is 1.00 e. The molecule has 3 aromatic carbocycles. The van der Waals surface area contributed by atoms with Crippen LogP contribution in [0.5, 0.6) is 5.75 Å². The summed E-state index contributed by atoms with van der Waals surface area (Å²) in [6.45, 7) is 0. The standard InChI is InChI=1S/C21H18NO5P.2Na/c1-22-18-13-7-5-11-16(18)20(17-12-6-8-14-19(17)22)21(27-28(23,24)25)26-15-9-3-2-4-10-15;;/h2-14H,1H3,(H2,23,24,25);;/q;2*+1/p-2. The van der Waals surface area contributed by atoms with Crippen molar-refractivity contribution in [2.75, 3.05) is 11.9 Å². The smallest absolute Gasteiger partial charge is 0.780 e. The van der Waals surface area contributed by atoms with Crippen LogP contribution in [0.3, 0.4) is 0 Å². The number of phosphoric ester groups is 1. The molecule has 0 N–H and O–H groups in total. The summed E-state index contributed by atoms with van der Waals surface area (Å²) in [5.74, 6) is -0.0140. The average Bonchev–Trinajstić information content (AvgIpc) is 2.68. The van der Waals surface area contributed by atoms with Crippen molar-refractivity contribution in [1.29, 1.82) is 0 Å². The number of hydrogen-bond acceptors (Lipinski definition) is 6. The Balaban J connectivity index is 0.00000160. The van der Waals surface area contributed by atoms with E-state index >= 15 is 0 Å². The van der Waals surface area contributed by atoms with E-state index in [1.807, 2.05) is 60.5 Å². The Morgan fingerprint density at radius 3 is 1.77 bits per heavy atom. The molecule has 0 aliphatic carbocycles. The summed E-state index contributed by atoms with van der Waals surface area (Å²) in [5.41, 5.74) is 3.47. The molecule has 1 aliphatic heterocycles. The molecule has 3 aromatic rings. The van der Waals surface area contributed by atoms with E-state index in [1.165, 1.54) is 0 Å². The van der Waals surface area contributed by atoms with Crippen LogP contribution in [0.1, 0.15) is 11.1 Å². The van der Waals surface area contributed by atoms with E-state index in [-0.39, 0.29) is 65.1 Å². The van der Waals surface area contributed by atoms with Gasteiger partial charge in [-0.1, -0.05) is 54.6 Å². The maximum atomic E-state index is 11.5. The van der Waals surface area contributed by atoms with Gasteiger partial charge in [0.25, 0.3) is 5.95 Å². The number of para-hydroxylation sites is 3. The Kier molecular flexibility index (Phi) is 8.83. The quantitative estimate of drug-likeness (QED) is 0.252. The van der Waals surface area contributed by atoms with Crippen LogP contribution in [0, 0.1) is 0 Å². The van der Waals surface area contributed by atoms with E-state index in [4.69, 9.17) is 9.26 Å². The van der Waals surface area contributed by atoms with Gasteiger partial charge in [-0.15, -0.1) is 0 Å². The van der Waals surface area contributed by atoms with E-state index in [9.17, 15) is 14.4 Å². The Bertz CT molecular complexity index is 1050. The number of fused-ring (bicyclic) bond motifs is 2. The summed E-state index contributed by atoms with van der Waals surface area (Å²) < 4.78 is 22.0. The zero-order valence-electron chi connectivity index (χ0n) is 16.9. The molecule has 9 heteroatoms. The van der Waals surface area contributed by atoms with Crippen LogP contribution in [-0.4, -0.2) is 7.05 Å². The molecule has 142 valence electrons. The monoisotopic (exact) mass is 439 g/mol. The van der Waals surface area contributed by atoms with Crippen LogP contribution >= 0.6 is 7.82 Å². The molecule has 0 unspecified atom stereocenters. The van der Waals surface area contributed by atoms with Crippen molar-refractivity contribution in [3.05, 3.63) is 95.9 Å². The van der Waals surface area contributed by atoms with Crippen molar-refractivity contribution in [2.24, 2.45) is 0 Å². The predicted molar refractivity (Wildman–Crippen MR) is 103 cm³/mol. The van der Waals surface area contributed by atoms with Gasteiger partial charge in [0.2, 0.25) is 0 Å². The Morgan fingerprint density at radius 1 is 0.800 bits per heavy atom. The topological polar surface area (TPSA) is 84.9 Å². The summed E-state index contributed by atoms with van der Waals surface area (Å²) in [7, 11) is -3.45. The van der Waals surface area contributed by atoms with Gasteiger partial charge in [0.05, 0.1) is 5.57 Å². The molecule has 30 heavy (non-hydrogen) atoms. The second-order valence-corrected chi connectivity index (χ2v) is 7.29.